The van der Waals surface area contributed by atoms with Crippen LogP contribution in [0.3, 0.4) is 0 Å². The van der Waals surface area contributed by atoms with Gasteiger partial charge in [-0.15, -0.1) is 0 Å². The smallest absolute Gasteiger partial charge is 0.339 e. The highest BCUT2D eigenvalue weighted by Crippen LogP contribution is 2.49. The summed E-state index contributed by atoms with van der Waals surface area (Å²) in [6.07, 6.45) is 8.68. The van der Waals surface area contributed by atoms with E-state index in [2.05, 4.69) is 19.1 Å². The summed E-state index contributed by atoms with van der Waals surface area (Å²) in [5, 5.41) is 0. The van der Waals surface area contributed by atoms with Gasteiger partial charge in [0.05, 0.1) is 12.7 Å². The van der Waals surface area contributed by atoms with E-state index in [0.29, 0.717) is 0 Å². The second kappa shape index (κ2) is 6.77. The van der Waals surface area contributed by atoms with E-state index in [1.54, 1.807) is 7.11 Å². The maximum absolute atomic E-state index is 12.3. The highest BCUT2D eigenvalue weighted by molar-refractivity contribution is 6.05. The van der Waals surface area contributed by atoms with Gasteiger partial charge >= 0.3 is 5.97 Å². The minimum absolute atomic E-state index is 0.103. The molecule has 23 heavy (non-hydrogen) atoms. The van der Waals surface area contributed by atoms with Gasteiger partial charge in [0.15, 0.2) is 0 Å². The molecule has 1 heterocycles. The Hall–Kier alpha value is -1.77. The number of hydrogen-bond donors (Lipinski definition) is 0. The van der Waals surface area contributed by atoms with Crippen LogP contribution in [0.4, 0.5) is 0 Å². The van der Waals surface area contributed by atoms with Crippen molar-refractivity contribution in [3.8, 4) is 5.75 Å². The van der Waals surface area contributed by atoms with Gasteiger partial charge < -0.3 is 9.47 Å². The van der Waals surface area contributed by atoms with Crippen LogP contribution in [-0.4, -0.2) is 18.7 Å². The Labute approximate surface area is 138 Å². The largest absolute Gasteiger partial charge is 0.497 e. The predicted molar refractivity (Wildman–Crippen MR) is 91.3 cm³/mol. The minimum Gasteiger partial charge on any atom is -0.497 e. The molecule has 3 rings (SSSR count). The summed E-state index contributed by atoms with van der Waals surface area (Å²) in [6.45, 7) is 2.19. The van der Waals surface area contributed by atoms with Crippen molar-refractivity contribution in [2.75, 3.05) is 7.11 Å². The summed E-state index contributed by atoms with van der Waals surface area (Å²) in [5.74, 6) is 0.742. The Kier molecular flexibility index (Phi) is 4.74. The highest BCUT2D eigenvalue weighted by Gasteiger charge is 2.53. The number of allylic oxidation sites excluding steroid dienone is 1. The molecule has 2 aliphatic rings. The SMILES string of the molecule is CCCC/C(=C1/C(=O)OC12CCCCC2)c1ccc(OC)cc1. The lowest BCUT2D eigenvalue weighted by atomic mass is 9.72. The van der Waals surface area contributed by atoms with Gasteiger partial charge in [0, 0.05) is 0 Å². The summed E-state index contributed by atoms with van der Waals surface area (Å²) in [4.78, 5) is 12.3. The number of hydrogen-bond acceptors (Lipinski definition) is 3. The van der Waals surface area contributed by atoms with Crippen LogP contribution in [0.2, 0.25) is 0 Å². The Bertz CT molecular complexity index is 592. The van der Waals surface area contributed by atoms with E-state index in [0.717, 1.165) is 61.8 Å². The molecule has 0 amide bonds. The lowest BCUT2D eigenvalue weighted by Gasteiger charge is -2.46. The van der Waals surface area contributed by atoms with Gasteiger partial charge in [0.25, 0.3) is 0 Å². The monoisotopic (exact) mass is 314 g/mol. The van der Waals surface area contributed by atoms with Crippen molar-refractivity contribution >= 4 is 11.5 Å². The molecule has 0 bridgehead atoms. The summed E-state index contributed by atoms with van der Waals surface area (Å²) < 4.78 is 10.9. The van der Waals surface area contributed by atoms with E-state index in [-0.39, 0.29) is 11.6 Å². The first kappa shape index (κ1) is 16.1. The molecule has 1 spiro atoms. The number of carbonyl (C=O) groups excluding carboxylic acids is 1. The number of rotatable bonds is 5. The van der Waals surface area contributed by atoms with Gasteiger partial charge in [0.2, 0.25) is 0 Å². The maximum atomic E-state index is 12.3. The van der Waals surface area contributed by atoms with Crippen LogP contribution in [0, 0.1) is 0 Å². The molecule has 1 aromatic carbocycles. The molecule has 1 saturated carbocycles. The minimum atomic E-state index is -0.293. The molecule has 124 valence electrons. The first-order valence-electron chi connectivity index (χ1n) is 8.81. The van der Waals surface area contributed by atoms with E-state index in [4.69, 9.17) is 9.47 Å². The lowest BCUT2D eigenvalue weighted by molar-refractivity contribution is -0.175. The lowest BCUT2D eigenvalue weighted by Crippen LogP contribution is -2.52. The van der Waals surface area contributed by atoms with Gasteiger partial charge in [-0.25, -0.2) is 4.79 Å². The Morgan fingerprint density at radius 2 is 1.87 bits per heavy atom. The Morgan fingerprint density at radius 3 is 2.43 bits per heavy atom. The van der Waals surface area contributed by atoms with E-state index in [9.17, 15) is 4.79 Å². The maximum Gasteiger partial charge on any atom is 0.339 e. The van der Waals surface area contributed by atoms with Crippen molar-refractivity contribution < 1.29 is 14.3 Å². The molecule has 3 heteroatoms. The van der Waals surface area contributed by atoms with Crippen LogP contribution in [0.25, 0.3) is 5.57 Å². The van der Waals surface area contributed by atoms with E-state index >= 15 is 0 Å². The average Bonchev–Trinajstić information content (AvgIpc) is 2.59. The molecule has 2 fully saturated rings. The Balaban J connectivity index is 2.00. The molecular weight excluding hydrogens is 288 g/mol. The standard InChI is InChI=1S/C20H26O3/c1-3-4-8-17(15-9-11-16(22-2)12-10-15)18-19(21)23-20(18)13-6-5-7-14-20/h9-12H,3-8,13-14H2,1-2H3/b18-17+. The molecule has 0 unspecified atom stereocenters. The molecule has 0 aromatic heterocycles. The van der Waals surface area contributed by atoms with Crippen molar-refractivity contribution in [2.45, 2.75) is 63.9 Å². The third-order valence-corrected chi connectivity index (χ3v) is 5.13. The number of methoxy groups -OCH3 is 1. The molecule has 1 saturated heterocycles. The van der Waals surface area contributed by atoms with E-state index in [1.165, 1.54) is 12.0 Å². The van der Waals surface area contributed by atoms with Gasteiger partial charge in [0.1, 0.15) is 11.4 Å². The second-order valence-electron chi connectivity index (χ2n) is 6.63. The van der Waals surface area contributed by atoms with Gasteiger partial charge in [-0.3, -0.25) is 0 Å². The van der Waals surface area contributed by atoms with Crippen molar-refractivity contribution in [1.82, 2.24) is 0 Å². The average molecular weight is 314 g/mol. The molecule has 0 atom stereocenters. The van der Waals surface area contributed by atoms with Gasteiger partial charge in [-0.1, -0.05) is 31.9 Å². The van der Waals surface area contributed by atoms with Crippen LogP contribution >= 0.6 is 0 Å². The van der Waals surface area contributed by atoms with Crippen LogP contribution in [0.15, 0.2) is 29.8 Å². The Morgan fingerprint density at radius 1 is 1.17 bits per heavy atom. The zero-order valence-electron chi connectivity index (χ0n) is 14.2. The van der Waals surface area contributed by atoms with Crippen LogP contribution in [0.5, 0.6) is 5.75 Å². The molecule has 1 aliphatic carbocycles. The van der Waals surface area contributed by atoms with Crippen molar-refractivity contribution in [2.24, 2.45) is 0 Å². The predicted octanol–water partition coefficient (Wildman–Crippen LogP) is 4.90. The highest BCUT2D eigenvalue weighted by atomic mass is 16.6. The summed E-state index contributed by atoms with van der Waals surface area (Å²) >= 11 is 0. The fourth-order valence-electron chi connectivity index (χ4n) is 3.85. The number of benzene rings is 1. The van der Waals surface area contributed by atoms with E-state index in [1.807, 2.05) is 12.1 Å². The quantitative estimate of drug-likeness (QED) is 0.573. The van der Waals surface area contributed by atoms with Crippen molar-refractivity contribution in [3.05, 3.63) is 35.4 Å². The number of carbonyl (C=O) groups is 1. The molecule has 0 N–H and O–H groups in total. The third-order valence-electron chi connectivity index (χ3n) is 5.13. The number of esters is 1. The van der Waals surface area contributed by atoms with Crippen LogP contribution in [0.1, 0.15) is 63.9 Å². The molecule has 3 nitrogen and oxygen atoms in total. The third kappa shape index (κ3) is 3.01. The zero-order chi connectivity index (χ0) is 16.3. The number of ether oxygens (including phenoxy) is 2. The summed E-state index contributed by atoms with van der Waals surface area (Å²) in [5.41, 5.74) is 2.98. The van der Waals surface area contributed by atoms with Gasteiger partial charge in [-0.05, 0) is 61.8 Å². The first-order valence-corrected chi connectivity index (χ1v) is 8.81. The normalized spacial score (nSPS) is 21.6. The summed E-state index contributed by atoms with van der Waals surface area (Å²) in [7, 11) is 1.67. The van der Waals surface area contributed by atoms with Crippen molar-refractivity contribution in [3.63, 3.8) is 0 Å². The van der Waals surface area contributed by atoms with Crippen molar-refractivity contribution in [1.29, 1.82) is 0 Å². The first-order chi connectivity index (χ1) is 11.2. The van der Waals surface area contributed by atoms with Crippen LogP contribution in [-0.2, 0) is 9.53 Å². The number of unbranched alkanes of at least 4 members (excludes halogenated alkanes) is 1. The fraction of sp³-hybridized carbons (Fsp3) is 0.550. The second-order valence-corrected chi connectivity index (χ2v) is 6.63. The zero-order valence-corrected chi connectivity index (χ0v) is 14.2. The summed E-state index contributed by atoms with van der Waals surface area (Å²) in [6, 6.07) is 8.08. The molecule has 0 radical (unpaired) electrons. The molecular formula is C20H26O3. The fourth-order valence-corrected chi connectivity index (χ4v) is 3.85. The van der Waals surface area contributed by atoms with E-state index < -0.39 is 0 Å². The van der Waals surface area contributed by atoms with Gasteiger partial charge in [-0.2, -0.15) is 0 Å². The molecule has 1 aliphatic heterocycles. The van der Waals surface area contributed by atoms with Crippen LogP contribution < -0.4 is 4.74 Å². The topological polar surface area (TPSA) is 35.5 Å². The molecule has 1 aromatic rings.